The van der Waals surface area contributed by atoms with Crippen LogP contribution in [0.15, 0.2) is 10.8 Å². The Morgan fingerprint density at radius 3 is 2.53 bits per heavy atom. The Hall–Kier alpha value is -0.290. The molecular weight excluding hydrogens is 322 g/mol. The molecule has 0 radical (unpaired) electrons. The van der Waals surface area contributed by atoms with Crippen molar-refractivity contribution in [1.82, 2.24) is 9.97 Å². The minimum Gasteiger partial charge on any atom is -0.369 e. The van der Waals surface area contributed by atoms with E-state index >= 15 is 0 Å². The first kappa shape index (κ1) is 16.8. The van der Waals surface area contributed by atoms with Crippen LogP contribution in [0.2, 0.25) is 0 Å². The molecule has 0 aliphatic carbocycles. The van der Waals surface area contributed by atoms with Crippen molar-refractivity contribution in [2.75, 3.05) is 23.9 Å². The van der Waals surface area contributed by atoms with Gasteiger partial charge in [0.05, 0.1) is 10.2 Å². The number of hydrogen-bond donors (Lipinski definition) is 1. The van der Waals surface area contributed by atoms with E-state index in [0.29, 0.717) is 0 Å². The van der Waals surface area contributed by atoms with Gasteiger partial charge in [0, 0.05) is 6.54 Å². The summed E-state index contributed by atoms with van der Waals surface area (Å²) in [5.41, 5.74) is 0.978. The van der Waals surface area contributed by atoms with Crippen molar-refractivity contribution >= 4 is 33.5 Å². The number of unbranched alkanes of at least 4 members (excludes halogenated alkanes) is 5. The van der Waals surface area contributed by atoms with Crippen LogP contribution in [0, 0.1) is 6.92 Å². The lowest BCUT2D eigenvalue weighted by atomic mass is 10.1. The highest BCUT2D eigenvalue weighted by Gasteiger charge is 2.03. The maximum Gasteiger partial charge on any atom is 0.144 e. The van der Waals surface area contributed by atoms with Gasteiger partial charge in [-0.25, -0.2) is 9.97 Å². The van der Waals surface area contributed by atoms with Gasteiger partial charge in [0.1, 0.15) is 12.1 Å². The third-order valence-electron chi connectivity index (χ3n) is 3.03. The summed E-state index contributed by atoms with van der Waals surface area (Å²) in [6.07, 6.45) is 11.8. The Labute approximate surface area is 129 Å². The molecule has 0 saturated heterocycles. The van der Waals surface area contributed by atoms with Crippen LogP contribution in [0.25, 0.3) is 0 Å². The van der Waals surface area contributed by atoms with E-state index < -0.39 is 0 Å². The molecule has 108 valence electrons. The van der Waals surface area contributed by atoms with Crippen LogP contribution >= 0.6 is 27.7 Å². The van der Waals surface area contributed by atoms with Crippen LogP contribution in [-0.4, -0.2) is 28.5 Å². The number of aromatic nitrogens is 2. The van der Waals surface area contributed by atoms with Gasteiger partial charge in [-0.2, -0.15) is 11.8 Å². The van der Waals surface area contributed by atoms with Crippen LogP contribution in [0.1, 0.15) is 44.2 Å². The van der Waals surface area contributed by atoms with E-state index in [9.17, 15) is 0 Å². The van der Waals surface area contributed by atoms with E-state index in [1.165, 1.54) is 44.3 Å². The molecule has 0 aromatic carbocycles. The molecule has 1 heterocycles. The molecule has 0 aliphatic heterocycles. The van der Waals surface area contributed by atoms with Gasteiger partial charge in [-0.05, 0) is 47.7 Å². The number of rotatable bonds is 10. The smallest absolute Gasteiger partial charge is 0.144 e. The summed E-state index contributed by atoms with van der Waals surface area (Å²) in [5, 5.41) is 3.36. The average molecular weight is 346 g/mol. The predicted octanol–water partition coefficient (Wildman–Crippen LogP) is 4.66. The fourth-order valence-electron chi connectivity index (χ4n) is 1.87. The number of thioether (sulfide) groups is 1. The summed E-state index contributed by atoms with van der Waals surface area (Å²) < 4.78 is 0.979. The van der Waals surface area contributed by atoms with E-state index in [2.05, 4.69) is 37.5 Å². The lowest BCUT2D eigenvalue weighted by molar-refractivity contribution is 0.619. The van der Waals surface area contributed by atoms with Gasteiger partial charge in [-0.1, -0.05) is 25.7 Å². The molecule has 1 rings (SSSR count). The van der Waals surface area contributed by atoms with Crippen molar-refractivity contribution in [3.8, 4) is 0 Å². The predicted molar refractivity (Wildman–Crippen MR) is 89.0 cm³/mol. The van der Waals surface area contributed by atoms with E-state index in [1.807, 2.05) is 18.7 Å². The molecule has 0 amide bonds. The molecule has 5 heteroatoms. The second-order valence-corrected chi connectivity index (χ2v) is 6.44. The van der Waals surface area contributed by atoms with Crippen molar-refractivity contribution < 1.29 is 0 Å². The van der Waals surface area contributed by atoms with Crippen molar-refractivity contribution in [3.05, 3.63) is 16.5 Å². The van der Waals surface area contributed by atoms with Crippen LogP contribution in [0.3, 0.4) is 0 Å². The fraction of sp³-hybridized carbons (Fsp3) is 0.714. The third-order valence-corrected chi connectivity index (χ3v) is 4.68. The fourth-order valence-corrected chi connectivity index (χ4v) is 2.70. The molecule has 0 unspecified atom stereocenters. The number of halogens is 1. The van der Waals surface area contributed by atoms with Gasteiger partial charge in [0.25, 0.3) is 0 Å². The average Bonchev–Trinajstić information content (AvgIpc) is 2.41. The molecule has 0 fully saturated rings. The van der Waals surface area contributed by atoms with Crippen molar-refractivity contribution in [1.29, 1.82) is 0 Å². The van der Waals surface area contributed by atoms with Gasteiger partial charge in [0.2, 0.25) is 0 Å². The molecule has 0 spiro atoms. The third kappa shape index (κ3) is 7.16. The Balaban J connectivity index is 2.03. The normalized spacial score (nSPS) is 10.7. The van der Waals surface area contributed by atoms with Crippen molar-refractivity contribution in [3.63, 3.8) is 0 Å². The standard InChI is InChI=1S/C14H24BrN3S/c1-12-13(15)14(18-11-17-12)16-9-7-5-3-4-6-8-10-19-2/h11H,3-10H2,1-2H3,(H,16,17,18). The van der Waals surface area contributed by atoms with Crippen LogP contribution < -0.4 is 5.32 Å². The minimum absolute atomic E-state index is 0.910. The Kier molecular flexibility index (Phi) is 9.26. The summed E-state index contributed by atoms with van der Waals surface area (Å²) in [6, 6.07) is 0. The number of anilines is 1. The van der Waals surface area contributed by atoms with Gasteiger partial charge in [-0.3, -0.25) is 0 Å². The zero-order valence-corrected chi connectivity index (χ0v) is 14.3. The van der Waals surface area contributed by atoms with Crippen molar-refractivity contribution in [2.45, 2.75) is 45.4 Å². The highest BCUT2D eigenvalue weighted by Crippen LogP contribution is 2.21. The summed E-state index contributed by atoms with van der Waals surface area (Å²) in [7, 11) is 0. The SMILES string of the molecule is CSCCCCCCCCNc1ncnc(C)c1Br. The molecule has 1 aromatic rings. The molecular formula is C14H24BrN3S. The summed E-state index contributed by atoms with van der Waals surface area (Å²) in [5.74, 6) is 2.22. The monoisotopic (exact) mass is 345 g/mol. The summed E-state index contributed by atoms with van der Waals surface area (Å²) in [6.45, 7) is 2.96. The molecule has 1 aromatic heterocycles. The minimum atomic E-state index is 0.910. The largest absolute Gasteiger partial charge is 0.369 e. The second kappa shape index (κ2) is 10.5. The first-order valence-electron chi connectivity index (χ1n) is 6.95. The number of nitrogens with one attached hydrogen (secondary N) is 1. The van der Waals surface area contributed by atoms with Crippen LogP contribution in [0.5, 0.6) is 0 Å². The lowest BCUT2D eigenvalue weighted by Gasteiger charge is -2.08. The van der Waals surface area contributed by atoms with Gasteiger partial charge < -0.3 is 5.32 Å². The summed E-state index contributed by atoms with van der Waals surface area (Å²) in [4.78, 5) is 8.37. The highest BCUT2D eigenvalue weighted by atomic mass is 79.9. The first-order chi connectivity index (χ1) is 9.25. The van der Waals surface area contributed by atoms with Crippen LogP contribution in [0.4, 0.5) is 5.82 Å². The summed E-state index contributed by atoms with van der Waals surface area (Å²) >= 11 is 5.46. The molecule has 0 atom stereocenters. The highest BCUT2D eigenvalue weighted by molar-refractivity contribution is 9.10. The molecule has 1 N–H and O–H groups in total. The molecule has 3 nitrogen and oxygen atoms in total. The van der Waals surface area contributed by atoms with E-state index in [0.717, 1.165) is 22.5 Å². The topological polar surface area (TPSA) is 37.8 Å². The van der Waals surface area contributed by atoms with Crippen molar-refractivity contribution in [2.24, 2.45) is 0 Å². The van der Waals surface area contributed by atoms with Crippen LogP contribution in [-0.2, 0) is 0 Å². The van der Waals surface area contributed by atoms with Gasteiger partial charge >= 0.3 is 0 Å². The lowest BCUT2D eigenvalue weighted by Crippen LogP contribution is -2.05. The molecule has 0 bridgehead atoms. The van der Waals surface area contributed by atoms with E-state index in [4.69, 9.17) is 0 Å². The zero-order chi connectivity index (χ0) is 13.9. The Morgan fingerprint density at radius 2 is 1.79 bits per heavy atom. The number of nitrogens with zero attached hydrogens (tertiary/aromatic N) is 2. The molecule has 19 heavy (non-hydrogen) atoms. The van der Waals surface area contributed by atoms with E-state index in [-0.39, 0.29) is 0 Å². The maximum absolute atomic E-state index is 4.24. The van der Waals surface area contributed by atoms with E-state index in [1.54, 1.807) is 6.33 Å². The molecule has 0 aliphatic rings. The Morgan fingerprint density at radius 1 is 1.11 bits per heavy atom. The number of aryl methyl sites for hydroxylation is 1. The Bertz CT molecular complexity index is 361. The van der Waals surface area contributed by atoms with Gasteiger partial charge in [-0.15, -0.1) is 0 Å². The quantitative estimate of drug-likeness (QED) is 0.625. The second-order valence-electron chi connectivity index (χ2n) is 4.66. The zero-order valence-electron chi connectivity index (χ0n) is 11.9. The first-order valence-corrected chi connectivity index (χ1v) is 9.14. The van der Waals surface area contributed by atoms with Gasteiger partial charge in [0.15, 0.2) is 0 Å². The molecule has 0 saturated carbocycles. The maximum atomic E-state index is 4.24. The number of hydrogen-bond acceptors (Lipinski definition) is 4.